The van der Waals surface area contributed by atoms with Gasteiger partial charge in [0.15, 0.2) is 0 Å². The normalized spacial score (nSPS) is 10.2. The van der Waals surface area contributed by atoms with Crippen LogP contribution in [0.2, 0.25) is 0 Å². The van der Waals surface area contributed by atoms with Crippen molar-refractivity contribution < 1.29 is 14.6 Å². The Labute approximate surface area is 95.2 Å². The zero-order valence-electron chi connectivity index (χ0n) is 9.78. The van der Waals surface area contributed by atoms with Gasteiger partial charge in [-0.15, -0.1) is 0 Å². The summed E-state index contributed by atoms with van der Waals surface area (Å²) in [5.74, 6) is -0.165. The molecule has 4 heteroatoms. The summed E-state index contributed by atoms with van der Waals surface area (Å²) in [5.41, 5.74) is 1.45. The van der Waals surface area contributed by atoms with E-state index in [4.69, 9.17) is 4.74 Å². The van der Waals surface area contributed by atoms with E-state index in [1.807, 2.05) is 19.9 Å². The highest BCUT2D eigenvalue weighted by Gasteiger charge is 2.04. The van der Waals surface area contributed by atoms with Crippen molar-refractivity contribution in [2.24, 2.45) is 0 Å². The highest BCUT2D eigenvalue weighted by molar-refractivity contribution is 5.66. The summed E-state index contributed by atoms with van der Waals surface area (Å²) in [7, 11) is 0. The number of carbonyl (C=O) groups is 1. The summed E-state index contributed by atoms with van der Waals surface area (Å²) in [5, 5.41) is 12.8. The third-order valence-electron chi connectivity index (χ3n) is 1.95. The van der Waals surface area contributed by atoms with Gasteiger partial charge in [-0.1, -0.05) is 6.07 Å². The van der Waals surface area contributed by atoms with E-state index in [-0.39, 0.29) is 24.4 Å². The number of phenols is 1. The maximum absolute atomic E-state index is 10.6. The molecule has 0 saturated carbocycles. The Morgan fingerprint density at radius 1 is 1.50 bits per heavy atom. The van der Waals surface area contributed by atoms with Crippen LogP contribution in [0, 0.1) is 0 Å². The highest BCUT2D eigenvalue weighted by atomic mass is 16.5. The molecule has 1 aromatic rings. The lowest BCUT2D eigenvalue weighted by atomic mass is 10.2. The van der Waals surface area contributed by atoms with Crippen molar-refractivity contribution in [2.75, 3.05) is 5.32 Å². The molecule has 2 N–H and O–H groups in total. The molecule has 0 aliphatic rings. The van der Waals surface area contributed by atoms with Crippen molar-refractivity contribution in [1.82, 2.24) is 0 Å². The van der Waals surface area contributed by atoms with Gasteiger partial charge in [0.05, 0.1) is 5.69 Å². The molecule has 0 fully saturated rings. The Balaban J connectivity index is 2.70. The Kier molecular flexibility index (Phi) is 4.17. The summed E-state index contributed by atoms with van der Waals surface area (Å²) in [6.07, 6.45) is 0. The standard InChI is InChI=1S/C12H17NO3/c1-8(2)13-11-5-4-10(6-12(11)15)7-16-9(3)14/h4-6,8,13,15H,7H2,1-3H3. The lowest BCUT2D eigenvalue weighted by Crippen LogP contribution is -2.09. The van der Waals surface area contributed by atoms with Gasteiger partial charge in [-0.3, -0.25) is 4.79 Å². The molecular formula is C12H17NO3. The van der Waals surface area contributed by atoms with Gasteiger partial charge in [0.2, 0.25) is 0 Å². The van der Waals surface area contributed by atoms with Crippen molar-refractivity contribution in [3.63, 3.8) is 0 Å². The molecule has 0 radical (unpaired) electrons. The molecule has 88 valence electrons. The first-order valence-electron chi connectivity index (χ1n) is 5.21. The molecule has 1 rings (SSSR count). The molecule has 0 spiro atoms. The first-order chi connectivity index (χ1) is 7.49. The van der Waals surface area contributed by atoms with Crippen LogP contribution in [0.25, 0.3) is 0 Å². The number of ether oxygens (including phenoxy) is 1. The van der Waals surface area contributed by atoms with Gasteiger partial charge in [0.1, 0.15) is 12.4 Å². The molecule has 0 unspecified atom stereocenters. The number of benzene rings is 1. The lowest BCUT2D eigenvalue weighted by molar-refractivity contribution is -0.142. The fourth-order valence-electron chi connectivity index (χ4n) is 1.29. The van der Waals surface area contributed by atoms with Crippen LogP contribution in [0.3, 0.4) is 0 Å². The first kappa shape index (κ1) is 12.4. The number of hydrogen-bond donors (Lipinski definition) is 2. The fraction of sp³-hybridized carbons (Fsp3) is 0.417. The molecule has 0 amide bonds. The van der Waals surface area contributed by atoms with Crippen LogP contribution in [-0.2, 0) is 16.1 Å². The lowest BCUT2D eigenvalue weighted by Gasteiger charge is -2.12. The summed E-state index contributed by atoms with van der Waals surface area (Å²) >= 11 is 0. The predicted octanol–water partition coefficient (Wildman–Crippen LogP) is 2.28. The minimum atomic E-state index is -0.330. The summed E-state index contributed by atoms with van der Waals surface area (Å²) in [4.78, 5) is 10.6. The van der Waals surface area contributed by atoms with E-state index >= 15 is 0 Å². The maximum atomic E-state index is 10.6. The molecule has 0 aliphatic heterocycles. The number of carbonyl (C=O) groups excluding carboxylic acids is 1. The van der Waals surface area contributed by atoms with E-state index in [0.29, 0.717) is 5.69 Å². The molecule has 0 atom stereocenters. The van der Waals surface area contributed by atoms with Gasteiger partial charge in [-0.25, -0.2) is 0 Å². The molecular weight excluding hydrogens is 206 g/mol. The molecule has 4 nitrogen and oxygen atoms in total. The average Bonchev–Trinajstić information content (AvgIpc) is 2.18. The van der Waals surface area contributed by atoms with Crippen LogP contribution in [0.15, 0.2) is 18.2 Å². The van der Waals surface area contributed by atoms with Crippen LogP contribution >= 0.6 is 0 Å². The monoisotopic (exact) mass is 223 g/mol. The van der Waals surface area contributed by atoms with E-state index in [1.165, 1.54) is 6.92 Å². The van der Waals surface area contributed by atoms with Crippen LogP contribution in [0.4, 0.5) is 5.69 Å². The smallest absolute Gasteiger partial charge is 0.302 e. The second-order valence-electron chi connectivity index (χ2n) is 3.93. The Hall–Kier alpha value is -1.71. The zero-order valence-corrected chi connectivity index (χ0v) is 9.78. The molecule has 0 saturated heterocycles. The Morgan fingerprint density at radius 2 is 2.19 bits per heavy atom. The maximum Gasteiger partial charge on any atom is 0.302 e. The van der Waals surface area contributed by atoms with Crippen molar-refractivity contribution in [3.8, 4) is 5.75 Å². The zero-order chi connectivity index (χ0) is 12.1. The number of phenolic OH excluding ortho intramolecular Hbond substituents is 1. The number of hydrogen-bond acceptors (Lipinski definition) is 4. The second-order valence-corrected chi connectivity index (χ2v) is 3.93. The van der Waals surface area contributed by atoms with Gasteiger partial charge in [0.25, 0.3) is 0 Å². The molecule has 16 heavy (non-hydrogen) atoms. The van der Waals surface area contributed by atoms with Crippen molar-refractivity contribution in [2.45, 2.75) is 33.4 Å². The van der Waals surface area contributed by atoms with Gasteiger partial charge in [-0.05, 0) is 31.5 Å². The molecule has 0 heterocycles. The second kappa shape index (κ2) is 5.39. The third kappa shape index (κ3) is 3.81. The number of nitrogens with one attached hydrogen (secondary N) is 1. The van der Waals surface area contributed by atoms with Crippen molar-refractivity contribution in [1.29, 1.82) is 0 Å². The van der Waals surface area contributed by atoms with Crippen LogP contribution in [0.5, 0.6) is 5.75 Å². The summed E-state index contributed by atoms with van der Waals surface area (Å²) < 4.78 is 4.83. The SMILES string of the molecule is CC(=O)OCc1ccc(NC(C)C)c(O)c1. The highest BCUT2D eigenvalue weighted by Crippen LogP contribution is 2.25. The number of anilines is 1. The minimum Gasteiger partial charge on any atom is -0.506 e. The largest absolute Gasteiger partial charge is 0.506 e. The number of esters is 1. The molecule has 0 aliphatic carbocycles. The minimum absolute atomic E-state index is 0.165. The van der Waals surface area contributed by atoms with Crippen LogP contribution in [0.1, 0.15) is 26.3 Å². The topological polar surface area (TPSA) is 58.6 Å². The third-order valence-corrected chi connectivity index (χ3v) is 1.95. The van der Waals surface area contributed by atoms with Crippen molar-refractivity contribution in [3.05, 3.63) is 23.8 Å². The average molecular weight is 223 g/mol. The summed E-state index contributed by atoms with van der Waals surface area (Å²) in [6.45, 7) is 5.53. The van der Waals surface area contributed by atoms with Crippen LogP contribution < -0.4 is 5.32 Å². The first-order valence-corrected chi connectivity index (χ1v) is 5.21. The quantitative estimate of drug-likeness (QED) is 0.607. The van der Waals surface area contributed by atoms with E-state index < -0.39 is 0 Å². The van der Waals surface area contributed by atoms with Gasteiger partial charge in [-0.2, -0.15) is 0 Å². The van der Waals surface area contributed by atoms with Crippen molar-refractivity contribution >= 4 is 11.7 Å². The molecule has 0 bridgehead atoms. The molecule has 0 aromatic heterocycles. The Bertz CT molecular complexity index is 375. The predicted molar refractivity (Wildman–Crippen MR) is 62.3 cm³/mol. The van der Waals surface area contributed by atoms with Gasteiger partial charge < -0.3 is 15.2 Å². The van der Waals surface area contributed by atoms with E-state index in [2.05, 4.69) is 5.32 Å². The summed E-state index contributed by atoms with van der Waals surface area (Å²) in [6, 6.07) is 5.43. The van der Waals surface area contributed by atoms with Gasteiger partial charge in [0, 0.05) is 13.0 Å². The van der Waals surface area contributed by atoms with E-state index in [0.717, 1.165) is 5.56 Å². The molecule has 1 aromatic carbocycles. The van der Waals surface area contributed by atoms with Gasteiger partial charge >= 0.3 is 5.97 Å². The van der Waals surface area contributed by atoms with E-state index in [9.17, 15) is 9.90 Å². The van der Waals surface area contributed by atoms with Crippen LogP contribution in [-0.4, -0.2) is 17.1 Å². The number of rotatable bonds is 4. The Morgan fingerprint density at radius 3 is 2.69 bits per heavy atom. The number of aromatic hydroxyl groups is 1. The fourth-order valence-corrected chi connectivity index (χ4v) is 1.29. The van der Waals surface area contributed by atoms with E-state index in [1.54, 1.807) is 12.1 Å².